The van der Waals surface area contributed by atoms with Gasteiger partial charge in [-0.25, -0.2) is 0 Å². The first-order chi connectivity index (χ1) is 17.1. The predicted molar refractivity (Wildman–Crippen MR) is 126 cm³/mol. The van der Waals surface area contributed by atoms with Crippen LogP contribution in [0.2, 0.25) is 0 Å². The van der Waals surface area contributed by atoms with E-state index in [-0.39, 0.29) is 23.0 Å². The summed E-state index contributed by atoms with van der Waals surface area (Å²) < 4.78 is 52.6. The van der Waals surface area contributed by atoms with E-state index in [1.54, 1.807) is 35.0 Å². The van der Waals surface area contributed by atoms with Gasteiger partial charge in [-0.2, -0.15) is 0 Å². The van der Waals surface area contributed by atoms with Gasteiger partial charge in [-0.05, 0) is 41.8 Å². The number of hydrogen-bond donors (Lipinski definition) is 0. The van der Waals surface area contributed by atoms with Crippen LogP contribution < -0.4 is 9.47 Å². The summed E-state index contributed by atoms with van der Waals surface area (Å²) in [4.78, 5) is 29.3. The van der Waals surface area contributed by atoms with Crippen LogP contribution in [0.15, 0.2) is 42.5 Å². The van der Waals surface area contributed by atoms with Crippen molar-refractivity contribution >= 4 is 11.8 Å². The molecule has 4 rings (SSSR count). The molecule has 0 aromatic heterocycles. The third-order valence-corrected chi connectivity index (χ3v) is 6.34. The Morgan fingerprint density at radius 3 is 2.44 bits per heavy atom. The molecule has 2 heterocycles. The first kappa shape index (κ1) is 25.8. The lowest BCUT2D eigenvalue weighted by molar-refractivity contribution is -0.274. The van der Waals surface area contributed by atoms with Crippen LogP contribution in [-0.4, -0.2) is 74.5 Å². The van der Waals surface area contributed by atoms with Crippen LogP contribution >= 0.6 is 0 Å². The molecule has 10 heteroatoms. The highest BCUT2D eigenvalue weighted by molar-refractivity contribution is 5.98. The topological polar surface area (TPSA) is 68.3 Å². The number of rotatable bonds is 8. The number of benzene rings is 2. The maximum atomic E-state index is 13.6. The molecule has 0 saturated carbocycles. The summed E-state index contributed by atoms with van der Waals surface area (Å²) in [5.74, 6) is 0.00514. The van der Waals surface area contributed by atoms with Crippen molar-refractivity contribution in [1.29, 1.82) is 0 Å². The lowest BCUT2D eigenvalue weighted by Crippen LogP contribution is -2.58. The van der Waals surface area contributed by atoms with Gasteiger partial charge in [0.05, 0.1) is 30.7 Å². The Balaban J connectivity index is 1.52. The standard InChI is InChI=1S/C26H29F3N2O5/c1-3-4-23(32)30(2)14-25(16-34-17-25)15-31-11-12-35-22-10-7-19(13-21(22)24(31)33)18-5-8-20(9-6-18)36-26(27,28)29/h5-10,13H,3-4,11-12,14-17H2,1-2H3. The Kier molecular flexibility index (Phi) is 7.44. The Morgan fingerprint density at radius 1 is 1.14 bits per heavy atom. The number of alkyl halides is 3. The smallest absolute Gasteiger partial charge is 0.491 e. The molecule has 0 spiro atoms. The number of ether oxygens (including phenoxy) is 3. The van der Waals surface area contributed by atoms with E-state index in [4.69, 9.17) is 9.47 Å². The van der Waals surface area contributed by atoms with E-state index in [1.807, 2.05) is 6.92 Å². The molecule has 36 heavy (non-hydrogen) atoms. The molecular formula is C26H29F3N2O5. The molecule has 2 amide bonds. The van der Waals surface area contributed by atoms with Crippen molar-refractivity contribution in [2.75, 3.05) is 46.5 Å². The van der Waals surface area contributed by atoms with Gasteiger partial charge in [0.1, 0.15) is 18.1 Å². The summed E-state index contributed by atoms with van der Waals surface area (Å²) in [7, 11) is 1.78. The second kappa shape index (κ2) is 10.4. The molecule has 0 atom stereocenters. The molecule has 0 unspecified atom stereocenters. The third kappa shape index (κ3) is 5.92. The van der Waals surface area contributed by atoms with Gasteiger partial charge < -0.3 is 24.0 Å². The van der Waals surface area contributed by atoms with Gasteiger partial charge in [0.15, 0.2) is 0 Å². The largest absolute Gasteiger partial charge is 0.573 e. The fraction of sp³-hybridized carbons (Fsp3) is 0.462. The Bertz CT molecular complexity index is 1100. The first-order valence-corrected chi connectivity index (χ1v) is 11.8. The molecule has 0 aliphatic carbocycles. The quantitative estimate of drug-likeness (QED) is 0.532. The SMILES string of the molecule is CCCC(=O)N(C)CC1(CN2CCOc3ccc(-c4ccc(OC(F)(F)F)cc4)cc3C2=O)COC1. The normalized spacial score (nSPS) is 16.9. The van der Waals surface area contributed by atoms with E-state index in [9.17, 15) is 22.8 Å². The van der Waals surface area contributed by atoms with Gasteiger partial charge in [0, 0.05) is 26.6 Å². The summed E-state index contributed by atoms with van der Waals surface area (Å²) >= 11 is 0. The first-order valence-electron chi connectivity index (χ1n) is 11.8. The highest BCUT2D eigenvalue weighted by Crippen LogP contribution is 2.34. The van der Waals surface area contributed by atoms with Gasteiger partial charge in [-0.15, -0.1) is 13.2 Å². The predicted octanol–water partition coefficient (Wildman–Crippen LogP) is 4.36. The molecule has 1 saturated heterocycles. The lowest BCUT2D eigenvalue weighted by Gasteiger charge is -2.46. The molecule has 0 bridgehead atoms. The fourth-order valence-electron chi connectivity index (χ4n) is 4.56. The summed E-state index contributed by atoms with van der Waals surface area (Å²) in [6, 6.07) is 10.6. The maximum Gasteiger partial charge on any atom is 0.573 e. The van der Waals surface area contributed by atoms with Crippen LogP contribution in [0, 0.1) is 5.41 Å². The van der Waals surface area contributed by atoms with Crippen LogP contribution in [0.4, 0.5) is 13.2 Å². The number of halogens is 3. The highest BCUT2D eigenvalue weighted by Gasteiger charge is 2.43. The number of nitrogens with zero attached hydrogens (tertiary/aromatic N) is 2. The molecule has 194 valence electrons. The second-order valence-corrected chi connectivity index (χ2v) is 9.35. The van der Waals surface area contributed by atoms with E-state index < -0.39 is 6.36 Å². The van der Waals surface area contributed by atoms with E-state index in [0.29, 0.717) is 68.3 Å². The van der Waals surface area contributed by atoms with E-state index in [2.05, 4.69) is 4.74 Å². The second-order valence-electron chi connectivity index (χ2n) is 9.35. The average Bonchev–Trinajstić information content (AvgIpc) is 2.95. The zero-order chi connectivity index (χ0) is 25.9. The van der Waals surface area contributed by atoms with Crippen molar-refractivity contribution in [3.8, 4) is 22.6 Å². The molecule has 2 aromatic carbocycles. The van der Waals surface area contributed by atoms with Gasteiger partial charge in [0.2, 0.25) is 5.91 Å². The molecule has 7 nitrogen and oxygen atoms in total. The minimum absolute atomic E-state index is 0.0657. The molecule has 2 aliphatic rings. The van der Waals surface area contributed by atoms with Gasteiger partial charge in [-0.3, -0.25) is 9.59 Å². The summed E-state index contributed by atoms with van der Waals surface area (Å²) in [6.07, 6.45) is -3.52. The molecular weight excluding hydrogens is 477 g/mol. The van der Waals surface area contributed by atoms with Crippen molar-refractivity contribution in [1.82, 2.24) is 9.80 Å². The number of carbonyl (C=O) groups is 2. The van der Waals surface area contributed by atoms with Crippen LogP contribution in [0.3, 0.4) is 0 Å². The van der Waals surface area contributed by atoms with Crippen LogP contribution in [0.25, 0.3) is 11.1 Å². The minimum atomic E-state index is -4.76. The monoisotopic (exact) mass is 506 g/mol. The van der Waals surface area contributed by atoms with Crippen molar-refractivity contribution < 1.29 is 37.0 Å². The van der Waals surface area contributed by atoms with E-state index in [0.717, 1.165) is 6.42 Å². The van der Waals surface area contributed by atoms with Crippen molar-refractivity contribution in [3.05, 3.63) is 48.0 Å². The maximum absolute atomic E-state index is 13.6. The Hall–Kier alpha value is -3.27. The van der Waals surface area contributed by atoms with Gasteiger partial charge in [0.25, 0.3) is 5.91 Å². The number of fused-ring (bicyclic) bond motifs is 1. The zero-order valence-electron chi connectivity index (χ0n) is 20.3. The molecule has 1 fully saturated rings. The molecule has 2 aromatic rings. The molecule has 0 N–H and O–H groups in total. The van der Waals surface area contributed by atoms with Crippen molar-refractivity contribution in [2.24, 2.45) is 5.41 Å². The number of carbonyl (C=O) groups excluding carboxylic acids is 2. The van der Waals surface area contributed by atoms with E-state index >= 15 is 0 Å². The summed E-state index contributed by atoms with van der Waals surface area (Å²) in [6.45, 7) is 4.51. The third-order valence-electron chi connectivity index (χ3n) is 6.34. The zero-order valence-corrected chi connectivity index (χ0v) is 20.3. The van der Waals surface area contributed by atoms with Gasteiger partial charge in [-0.1, -0.05) is 25.1 Å². The number of amides is 2. The highest BCUT2D eigenvalue weighted by atomic mass is 19.4. The van der Waals surface area contributed by atoms with Crippen molar-refractivity contribution in [3.63, 3.8) is 0 Å². The lowest BCUT2D eigenvalue weighted by atomic mass is 9.84. The minimum Gasteiger partial charge on any atom is -0.491 e. The van der Waals surface area contributed by atoms with E-state index in [1.165, 1.54) is 24.3 Å². The van der Waals surface area contributed by atoms with Crippen LogP contribution in [-0.2, 0) is 9.53 Å². The van der Waals surface area contributed by atoms with Crippen LogP contribution in [0.1, 0.15) is 30.1 Å². The van der Waals surface area contributed by atoms with Crippen molar-refractivity contribution in [2.45, 2.75) is 26.1 Å². The summed E-state index contributed by atoms with van der Waals surface area (Å²) in [5, 5.41) is 0. The van der Waals surface area contributed by atoms with Gasteiger partial charge >= 0.3 is 6.36 Å². The molecule has 2 aliphatic heterocycles. The fourth-order valence-corrected chi connectivity index (χ4v) is 4.56. The Labute approximate surface area is 207 Å². The number of hydrogen-bond acceptors (Lipinski definition) is 5. The summed E-state index contributed by atoms with van der Waals surface area (Å²) in [5.41, 5.74) is 1.34. The van der Waals surface area contributed by atoms with Crippen LogP contribution in [0.5, 0.6) is 11.5 Å². The molecule has 0 radical (unpaired) electrons. The Morgan fingerprint density at radius 2 is 1.83 bits per heavy atom. The average molecular weight is 507 g/mol.